The molecule has 0 saturated heterocycles. The van der Waals surface area contributed by atoms with E-state index in [-0.39, 0.29) is 5.91 Å². The van der Waals surface area contributed by atoms with E-state index in [2.05, 4.69) is 19.2 Å². The van der Waals surface area contributed by atoms with Gasteiger partial charge >= 0.3 is 0 Å². The van der Waals surface area contributed by atoms with Crippen LogP contribution in [0.15, 0.2) is 54.6 Å². The van der Waals surface area contributed by atoms with Crippen LogP contribution in [-0.2, 0) is 4.79 Å². The first kappa shape index (κ1) is 15.1. The zero-order valence-electron chi connectivity index (χ0n) is 12.7. The highest BCUT2D eigenvalue weighted by Gasteiger charge is 2.16. The molecule has 0 spiro atoms. The number of nitrogens with one attached hydrogen (secondary N) is 1. The molecule has 0 heterocycles. The van der Waals surface area contributed by atoms with Crippen LogP contribution in [0.3, 0.4) is 0 Å². The zero-order valence-corrected chi connectivity index (χ0v) is 12.7. The average Bonchev–Trinajstić information content (AvgIpc) is 2.48. The highest BCUT2D eigenvalue weighted by atomic mass is 16.5. The van der Waals surface area contributed by atoms with Crippen molar-refractivity contribution in [3.63, 3.8) is 0 Å². The Hall–Kier alpha value is -2.29. The molecule has 0 fully saturated rings. The Bertz CT molecular complexity index is 593. The number of ether oxygens (including phenoxy) is 1. The molecular formula is C18H21NO2. The minimum atomic E-state index is -0.549. The fourth-order valence-electron chi connectivity index (χ4n) is 2.11. The third-order valence-corrected chi connectivity index (χ3v) is 3.27. The maximum Gasteiger partial charge on any atom is 0.265 e. The maximum atomic E-state index is 12.3. The summed E-state index contributed by atoms with van der Waals surface area (Å²) in [7, 11) is 0. The summed E-state index contributed by atoms with van der Waals surface area (Å²) in [5.41, 5.74) is 1.97. The molecule has 0 bridgehead atoms. The summed E-state index contributed by atoms with van der Waals surface area (Å²) in [5, 5.41) is 2.95. The number of carbonyl (C=O) groups is 1. The van der Waals surface area contributed by atoms with Gasteiger partial charge in [0.2, 0.25) is 0 Å². The van der Waals surface area contributed by atoms with Crippen LogP contribution in [0.4, 0.5) is 5.69 Å². The Balaban J connectivity index is 2.04. The molecule has 0 aromatic heterocycles. The SMILES string of the molecule is CC(C)c1ccccc1NC(=O)[C@H](C)Oc1ccccc1. The average molecular weight is 283 g/mol. The number of hydrogen-bond donors (Lipinski definition) is 1. The molecular weight excluding hydrogens is 262 g/mol. The third-order valence-electron chi connectivity index (χ3n) is 3.27. The van der Waals surface area contributed by atoms with Gasteiger partial charge in [-0.15, -0.1) is 0 Å². The first-order chi connectivity index (χ1) is 10.1. The molecule has 1 atom stereocenters. The van der Waals surface area contributed by atoms with Gasteiger partial charge in [-0.25, -0.2) is 0 Å². The van der Waals surface area contributed by atoms with E-state index < -0.39 is 6.10 Å². The Morgan fingerprint density at radius 1 is 0.952 bits per heavy atom. The van der Waals surface area contributed by atoms with Crippen LogP contribution in [0.2, 0.25) is 0 Å². The minimum Gasteiger partial charge on any atom is -0.481 e. The van der Waals surface area contributed by atoms with E-state index in [1.54, 1.807) is 6.92 Å². The predicted molar refractivity (Wildman–Crippen MR) is 85.7 cm³/mol. The summed E-state index contributed by atoms with van der Waals surface area (Å²) >= 11 is 0. The molecule has 0 aliphatic heterocycles. The highest BCUT2D eigenvalue weighted by molar-refractivity contribution is 5.94. The maximum absolute atomic E-state index is 12.3. The van der Waals surface area contributed by atoms with E-state index >= 15 is 0 Å². The molecule has 0 aliphatic rings. The normalized spacial score (nSPS) is 12.0. The van der Waals surface area contributed by atoms with Crippen LogP contribution in [0.5, 0.6) is 5.75 Å². The standard InChI is InChI=1S/C18H21NO2/c1-13(2)16-11-7-8-12-17(16)19-18(20)14(3)21-15-9-5-4-6-10-15/h4-14H,1-3H3,(H,19,20)/t14-/m0/s1. The van der Waals surface area contributed by atoms with Gasteiger partial charge in [-0.1, -0.05) is 50.2 Å². The molecule has 2 rings (SSSR count). The smallest absolute Gasteiger partial charge is 0.265 e. The summed E-state index contributed by atoms with van der Waals surface area (Å²) in [4.78, 5) is 12.3. The number of carbonyl (C=O) groups excluding carboxylic acids is 1. The highest BCUT2D eigenvalue weighted by Crippen LogP contribution is 2.24. The second-order valence-electron chi connectivity index (χ2n) is 5.30. The van der Waals surface area contributed by atoms with E-state index in [4.69, 9.17) is 4.74 Å². The summed E-state index contributed by atoms with van der Waals surface area (Å²) < 4.78 is 5.64. The van der Waals surface area contributed by atoms with Crippen molar-refractivity contribution in [1.29, 1.82) is 0 Å². The van der Waals surface area contributed by atoms with Crippen molar-refractivity contribution >= 4 is 11.6 Å². The minimum absolute atomic E-state index is 0.146. The molecule has 2 aromatic carbocycles. The van der Waals surface area contributed by atoms with Crippen LogP contribution in [0, 0.1) is 0 Å². The fourth-order valence-corrected chi connectivity index (χ4v) is 2.11. The van der Waals surface area contributed by atoms with Crippen molar-refractivity contribution in [2.45, 2.75) is 32.8 Å². The second kappa shape index (κ2) is 6.93. The number of anilines is 1. The molecule has 3 nitrogen and oxygen atoms in total. The van der Waals surface area contributed by atoms with Gasteiger partial charge in [0.1, 0.15) is 5.75 Å². The van der Waals surface area contributed by atoms with Crippen molar-refractivity contribution in [3.8, 4) is 5.75 Å². The Morgan fingerprint density at radius 3 is 2.24 bits per heavy atom. The summed E-state index contributed by atoms with van der Waals surface area (Å²) in [5.74, 6) is 0.899. The molecule has 3 heteroatoms. The van der Waals surface area contributed by atoms with Gasteiger partial charge in [0.15, 0.2) is 6.10 Å². The molecule has 0 unspecified atom stereocenters. The van der Waals surface area contributed by atoms with Crippen molar-refractivity contribution < 1.29 is 9.53 Å². The number of benzene rings is 2. The van der Waals surface area contributed by atoms with Gasteiger partial charge in [0.05, 0.1) is 0 Å². The second-order valence-corrected chi connectivity index (χ2v) is 5.30. The van der Waals surface area contributed by atoms with E-state index in [9.17, 15) is 4.79 Å². The molecule has 2 aromatic rings. The number of para-hydroxylation sites is 2. The van der Waals surface area contributed by atoms with Gasteiger partial charge in [0, 0.05) is 5.69 Å². The summed E-state index contributed by atoms with van der Waals surface area (Å²) in [6.45, 7) is 5.96. The lowest BCUT2D eigenvalue weighted by Crippen LogP contribution is -2.30. The molecule has 1 amide bonds. The van der Waals surface area contributed by atoms with E-state index in [1.807, 2.05) is 54.6 Å². The molecule has 0 saturated carbocycles. The van der Waals surface area contributed by atoms with E-state index in [0.29, 0.717) is 11.7 Å². The van der Waals surface area contributed by atoms with Crippen LogP contribution < -0.4 is 10.1 Å². The van der Waals surface area contributed by atoms with Crippen molar-refractivity contribution in [2.75, 3.05) is 5.32 Å². The first-order valence-electron chi connectivity index (χ1n) is 7.19. The first-order valence-corrected chi connectivity index (χ1v) is 7.19. The largest absolute Gasteiger partial charge is 0.481 e. The van der Waals surface area contributed by atoms with Crippen LogP contribution in [-0.4, -0.2) is 12.0 Å². The monoisotopic (exact) mass is 283 g/mol. The summed E-state index contributed by atoms with van der Waals surface area (Å²) in [6, 6.07) is 17.2. The number of amides is 1. The quantitative estimate of drug-likeness (QED) is 0.892. The van der Waals surface area contributed by atoms with Gasteiger partial charge in [-0.05, 0) is 36.6 Å². The van der Waals surface area contributed by atoms with E-state index in [0.717, 1.165) is 11.3 Å². The summed E-state index contributed by atoms with van der Waals surface area (Å²) in [6.07, 6.45) is -0.549. The fraction of sp³-hybridized carbons (Fsp3) is 0.278. The molecule has 0 radical (unpaired) electrons. The molecule has 1 N–H and O–H groups in total. The number of rotatable bonds is 5. The molecule has 0 aliphatic carbocycles. The Kier molecular flexibility index (Phi) is 4.99. The number of hydrogen-bond acceptors (Lipinski definition) is 2. The zero-order chi connectivity index (χ0) is 15.2. The van der Waals surface area contributed by atoms with Gasteiger partial charge in [-0.3, -0.25) is 4.79 Å². The lowest BCUT2D eigenvalue weighted by molar-refractivity contribution is -0.122. The van der Waals surface area contributed by atoms with Gasteiger partial charge in [-0.2, -0.15) is 0 Å². The predicted octanol–water partition coefficient (Wildman–Crippen LogP) is 4.22. The Morgan fingerprint density at radius 2 is 1.57 bits per heavy atom. The molecule has 21 heavy (non-hydrogen) atoms. The van der Waals surface area contributed by atoms with Crippen molar-refractivity contribution in [1.82, 2.24) is 0 Å². The van der Waals surface area contributed by atoms with Crippen LogP contribution in [0.25, 0.3) is 0 Å². The van der Waals surface area contributed by atoms with Crippen molar-refractivity contribution in [3.05, 3.63) is 60.2 Å². The van der Waals surface area contributed by atoms with Gasteiger partial charge < -0.3 is 10.1 Å². The van der Waals surface area contributed by atoms with Crippen LogP contribution >= 0.6 is 0 Å². The Labute approximate surface area is 126 Å². The van der Waals surface area contributed by atoms with Crippen molar-refractivity contribution in [2.24, 2.45) is 0 Å². The van der Waals surface area contributed by atoms with E-state index in [1.165, 1.54) is 0 Å². The third kappa shape index (κ3) is 4.09. The van der Waals surface area contributed by atoms with Crippen LogP contribution in [0.1, 0.15) is 32.3 Å². The molecule has 110 valence electrons. The lowest BCUT2D eigenvalue weighted by Gasteiger charge is -2.17. The topological polar surface area (TPSA) is 38.3 Å². The lowest BCUT2D eigenvalue weighted by atomic mass is 10.0. The van der Waals surface area contributed by atoms with Gasteiger partial charge in [0.25, 0.3) is 5.91 Å².